The number of nitrogens with one attached hydrogen (secondary N) is 1. The van der Waals surface area contributed by atoms with Gasteiger partial charge >= 0.3 is 0 Å². The molecule has 0 aromatic heterocycles. The molecule has 6 heteroatoms. The van der Waals surface area contributed by atoms with Crippen LogP contribution in [0, 0.1) is 5.92 Å². The number of piperazine rings is 1. The summed E-state index contributed by atoms with van der Waals surface area (Å²) in [6, 6.07) is 5.81. The summed E-state index contributed by atoms with van der Waals surface area (Å²) >= 11 is 0. The maximum absolute atomic E-state index is 12.5. The van der Waals surface area contributed by atoms with E-state index in [-0.39, 0.29) is 18.4 Å². The third-order valence-corrected chi connectivity index (χ3v) is 5.25. The van der Waals surface area contributed by atoms with Gasteiger partial charge in [-0.05, 0) is 25.0 Å². The molecule has 1 aromatic carbocycles. The molecule has 24 heavy (non-hydrogen) atoms. The van der Waals surface area contributed by atoms with E-state index in [1.165, 1.54) is 12.8 Å². The molecular weight excluding hydrogens is 306 g/mol. The van der Waals surface area contributed by atoms with Crippen LogP contribution >= 0.6 is 0 Å². The second-order valence-electron chi connectivity index (χ2n) is 6.78. The fourth-order valence-electron chi connectivity index (χ4n) is 3.95. The molecule has 1 N–H and O–H groups in total. The smallest absolute Gasteiger partial charge is 0.262 e. The lowest BCUT2D eigenvalue weighted by molar-refractivity contribution is -0.135. The summed E-state index contributed by atoms with van der Waals surface area (Å²) in [6.07, 6.45) is 4.49. The van der Waals surface area contributed by atoms with Gasteiger partial charge in [-0.3, -0.25) is 9.59 Å². The Labute approximate surface area is 141 Å². The molecule has 6 nitrogen and oxygen atoms in total. The van der Waals surface area contributed by atoms with E-state index in [0.717, 1.165) is 56.1 Å². The maximum Gasteiger partial charge on any atom is 0.262 e. The van der Waals surface area contributed by atoms with Crippen molar-refractivity contribution in [3.05, 3.63) is 18.2 Å². The topological polar surface area (TPSA) is 61.9 Å². The minimum atomic E-state index is -0.119. The summed E-state index contributed by atoms with van der Waals surface area (Å²) in [5.74, 6) is 1.21. The predicted molar refractivity (Wildman–Crippen MR) is 91.3 cm³/mol. The number of rotatable bonds is 2. The van der Waals surface area contributed by atoms with E-state index in [1.807, 2.05) is 23.1 Å². The molecule has 1 aliphatic carbocycles. The minimum absolute atomic E-state index is 0.0597. The van der Waals surface area contributed by atoms with Crippen molar-refractivity contribution in [1.82, 2.24) is 4.90 Å². The molecule has 0 unspecified atom stereocenters. The van der Waals surface area contributed by atoms with Crippen LogP contribution < -0.4 is 15.0 Å². The Morgan fingerprint density at radius 3 is 2.62 bits per heavy atom. The molecule has 4 rings (SSSR count). The number of amides is 2. The van der Waals surface area contributed by atoms with Crippen LogP contribution in [0.5, 0.6) is 5.75 Å². The third kappa shape index (κ3) is 2.81. The van der Waals surface area contributed by atoms with Gasteiger partial charge in [0.25, 0.3) is 5.91 Å². The number of hydrogen-bond donors (Lipinski definition) is 1. The van der Waals surface area contributed by atoms with Gasteiger partial charge in [-0.2, -0.15) is 0 Å². The van der Waals surface area contributed by atoms with Gasteiger partial charge < -0.3 is 19.9 Å². The van der Waals surface area contributed by atoms with Gasteiger partial charge in [0.1, 0.15) is 0 Å². The summed E-state index contributed by atoms with van der Waals surface area (Å²) in [5.41, 5.74) is 1.73. The average molecular weight is 329 g/mol. The molecule has 128 valence electrons. The molecule has 0 atom stereocenters. The highest BCUT2D eigenvalue weighted by Gasteiger charge is 2.30. The summed E-state index contributed by atoms with van der Waals surface area (Å²) in [4.78, 5) is 28.3. The Hall–Kier alpha value is -2.24. The van der Waals surface area contributed by atoms with Crippen molar-refractivity contribution in [3.63, 3.8) is 0 Å². The Morgan fingerprint density at radius 1 is 1.12 bits per heavy atom. The average Bonchev–Trinajstić information content (AvgIpc) is 3.15. The largest absolute Gasteiger partial charge is 0.479 e. The van der Waals surface area contributed by atoms with E-state index in [4.69, 9.17) is 4.74 Å². The van der Waals surface area contributed by atoms with Gasteiger partial charge in [0.05, 0.1) is 11.4 Å². The highest BCUT2D eigenvalue weighted by Crippen LogP contribution is 2.38. The van der Waals surface area contributed by atoms with E-state index in [1.54, 1.807) is 0 Å². The normalized spacial score (nSPS) is 21.2. The van der Waals surface area contributed by atoms with Gasteiger partial charge in [0, 0.05) is 32.1 Å². The molecule has 2 amide bonds. The predicted octanol–water partition coefficient (Wildman–Crippen LogP) is 1.86. The molecule has 0 spiro atoms. The zero-order valence-corrected chi connectivity index (χ0v) is 13.8. The quantitative estimate of drug-likeness (QED) is 0.900. The molecule has 0 radical (unpaired) electrons. The second-order valence-corrected chi connectivity index (χ2v) is 6.78. The van der Waals surface area contributed by atoms with E-state index in [2.05, 4.69) is 10.2 Å². The highest BCUT2D eigenvalue weighted by molar-refractivity contribution is 5.97. The number of ether oxygens (including phenoxy) is 1. The van der Waals surface area contributed by atoms with Crippen LogP contribution in [-0.2, 0) is 9.59 Å². The Bertz CT molecular complexity index is 647. The summed E-state index contributed by atoms with van der Waals surface area (Å²) < 4.78 is 5.64. The fourth-order valence-corrected chi connectivity index (χ4v) is 3.95. The van der Waals surface area contributed by atoms with Crippen molar-refractivity contribution in [3.8, 4) is 5.75 Å². The van der Waals surface area contributed by atoms with E-state index >= 15 is 0 Å². The standard InChI is InChI=1S/C18H23N3O3/c22-16-12-24-17-14(19-16)6-3-7-15(17)20-8-10-21(11-9-20)18(23)13-4-1-2-5-13/h3,6-7,13H,1-2,4-5,8-12H2,(H,19,22). The first-order valence-electron chi connectivity index (χ1n) is 8.82. The first-order valence-corrected chi connectivity index (χ1v) is 8.82. The van der Waals surface area contributed by atoms with Crippen LogP contribution in [0.2, 0.25) is 0 Å². The lowest BCUT2D eigenvalue weighted by atomic mass is 10.1. The van der Waals surface area contributed by atoms with Crippen molar-refractivity contribution in [1.29, 1.82) is 0 Å². The van der Waals surface area contributed by atoms with E-state index < -0.39 is 0 Å². The molecule has 2 aliphatic heterocycles. The Kier molecular flexibility index (Phi) is 4.04. The Morgan fingerprint density at radius 2 is 1.88 bits per heavy atom. The van der Waals surface area contributed by atoms with Gasteiger partial charge in [0.15, 0.2) is 12.4 Å². The highest BCUT2D eigenvalue weighted by atomic mass is 16.5. The molecule has 2 fully saturated rings. The number of fused-ring (bicyclic) bond motifs is 1. The van der Waals surface area contributed by atoms with Crippen molar-refractivity contribution >= 4 is 23.2 Å². The number of benzene rings is 1. The number of hydrogen-bond acceptors (Lipinski definition) is 4. The van der Waals surface area contributed by atoms with E-state index in [0.29, 0.717) is 5.91 Å². The zero-order valence-electron chi connectivity index (χ0n) is 13.8. The van der Waals surface area contributed by atoms with Crippen molar-refractivity contribution in [2.24, 2.45) is 5.92 Å². The van der Waals surface area contributed by atoms with Crippen LogP contribution in [0.1, 0.15) is 25.7 Å². The summed E-state index contributed by atoms with van der Waals surface area (Å²) in [6.45, 7) is 3.17. The lowest BCUT2D eigenvalue weighted by Crippen LogP contribution is -2.50. The van der Waals surface area contributed by atoms with Crippen molar-refractivity contribution in [2.75, 3.05) is 43.0 Å². The van der Waals surface area contributed by atoms with Crippen LogP contribution in [0.25, 0.3) is 0 Å². The Balaban J connectivity index is 1.44. The van der Waals surface area contributed by atoms with Gasteiger partial charge in [0.2, 0.25) is 5.91 Å². The molecule has 1 saturated carbocycles. The molecule has 1 saturated heterocycles. The molecule has 0 bridgehead atoms. The SMILES string of the molecule is O=C1COc2c(cccc2N2CCN(C(=O)C3CCCC3)CC2)N1. The van der Waals surface area contributed by atoms with Gasteiger partial charge in [-0.15, -0.1) is 0 Å². The number of nitrogens with zero attached hydrogens (tertiary/aromatic N) is 2. The van der Waals surface area contributed by atoms with Crippen LogP contribution in [0.3, 0.4) is 0 Å². The zero-order chi connectivity index (χ0) is 16.5. The number of anilines is 2. The maximum atomic E-state index is 12.5. The second kappa shape index (κ2) is 6.34. The molecule has 1 aromatic rings. The van der Waals surface area contributed by atoms with Crippen molar-refractivity contribution < 1.29 is 14.3 Å². The third-order valence-electron chi connectivity index (χ3n) is 5.25. The number of carbonyl (C=O) groups excluding carboxylic acids is 2. The summed E-state index contributed by atoms with van der Waals surface area (Å²) in [7, 11) is 0. The first-order chi connectivity index (χ1) is 11.7. The lowest BCUT2D eigenvalue weighted by Gasteiger charge is -2.38. The van der Waals surface area contributed by atoms with E-state index in [9.17, 15) is 9.59 Å². The number of para-hydroxylation sites is 1. The monoisotopic (exact) mass is 329 g/mol. The van der Waals surface area contributed by atoms with Crippen molar-refractivity contribution in [2.45, 2.75) is 25.7 Å². The minimum Gasteiger partial charge on any atom is -0.479 e. The molecular formula is C18H23N3O3. The van der Waals surface area contributed by atoms with Crippen LogP contribution in [-0.4, -0.2) is 49.5 Å². The molecule has 2 heterocycles. The fraction of sp³-hybridized carbons (Fsp3) is 0.556. The summed E-state index contributed by atoms with van der Waals surface area (Å²) in [5, 5.41) is 2.85. The first kappa shape index (κ1) is 15.3. The van der Waals surface area contributed by atoms with Gasteiger partial charge in [-0.1, -0.05) is 18.9 Å². The van der Waals surface area contributed by atoms with Gasteiger partial charge in [-0.25, -0.2) is 0 Å². The number of carbonyl (C=O) groups is 2. The molecule has 3 aliphatic rings. The van der Waals surface area contributed by atoms with Crippen LogP contribution in [0.4, 0.5) is 11.4 Å². The van der Waals surface area contributed by atoms with Crippen LogP contribution in [0.15, 0.2) is 18.2 Å².